The Morgan fingerprint density at radius 1 is 1.24 bits per heavy atom. The van der Waals surface area contributed by atoms with Crippen molar-refractivity contribution in [2.45, 2.75) is 57.7 Å². The van der Waals surface area contributed by atoms with Crippen molar-refractivity contribution < 1.29 is 9.53 Å². The number of hydrogen-bond acceptors (Lipinski definition) is 3. The Bertz CT molecular complexity index is 699. The lowest BCUT2D eigenvalue weighted by molar-refractivity contribution is -0.125. The van der Waals surface area contributed by atoms with Crippen LogP contribution in [0.15, 0.2) is 29.3 Å². The number of nitrogens with zero attached hydrogens (tertiary/aromatic N) is 2. The summed E-state index contributed by atoms with van der Waals surface area (Å²) in [6.07, 6.45) is 6.52. The fourth-order valence-corrected chi connectivity index (χ4v) is 4.66. The Kier molecular flexibility index (Phi) is 8.75. The second-order valence-electron chi connectivity index (χ2n) is 8.14. The molecule has 0 heterocycles. The van der Waals surface area contributed by atoms with Crippen LogP contribution in [0.2, 0.25) is 0 Å². The van der Waals surface area contributed by atoms with E-state index in [0.29, 0.717) is 24.3 Å². The highest BCUT2D eigenvalue weighted by atomic mass is 127. The van der Waals surface area contributed by atoms with E-state index in [0.717, 1.165) is 24.6 Å². The Labute approximate surface area is 191 Å². The summed E-state index contributed by atoms with van der Waals surface area (Å²) < 4.78 is 6.01. The minimum atomic E-state index is 0. The van der Waals surface area contributed by atoms with Gasteiger partial charge in [-0.2, -0.15) is 0 Å². The smallest absolute Gasteiger partial charge is 0.253 e. The summed E-state index contributed by atoms with van der Waals surface area (Å²) in [5.41, 5.74) is 2.10. The van der Waals surface area contributed by atoms with Crippen LogP contribution in [0.1, 0.15) is 54.9 Å². The first kappa shape index (κ1) is 23.9. The van der Waals surface area contributed by atoms with Gasteiger partial charge in [0, 0.05) is 51.3 Å². The van der Waals surface area contributed by atoms with E-state index in [1.807, 2.05) is 31.3 Å². The molecule has 162 valence electrons. The van der Waals surface area contributed by atoms with E-state index in [4.69, 9.17) is 4.74 Å². The predicted octanol–water partition coefficient (Wildman–Crippen LogP) is 3.41. The summed E-state index contributed by atoms with van der Waals surface area (Å²) in [4.78, 5) is 18.0. The predicted molar refractivity (Wildman–Crippen MR) is 128 cm³/mol. The number of ether oxygens (including phenoxy) is 1. The Morgan fingerprint density at radius 2 is 1.90 bits per heavy atom. The molecular formula is C22H35IN4O2. The first-order valence-corrected chi connectivity index (χ1v) is 10.4. The quantitative estimate of drug-likeness (QED) is 0.347. The van der Waals surface area contributed by atoms with Gasteiger partial charge in [-0.05, 0) is 43.9 Å². The Hall–Kier alpha value is -1.35. The van der Waals surface area contributed by atoms with Crippen molar-refractivity contribution >= 4 is 35.8 Å². The van der Waals surface area contributed by atoms with Gasteiger partial charge in [-0.3, -0.25) is 9.79 Å². The number of aliphatic imine (C=N–C) groups is 1. The molecule has 1 spiro atoms. The maximum atomic E-state index is 12.0. The summed E-state index contributed by atoms with van der Waals surface area (Å²) in [5.74, 6) is 0.854. The average molecular weight is 514 g/mol. The van der Waals surface area contributed by atoms with E-state index in [1.54, 1.807) is 19.0 Å². The molecule has 2 aliphatic carbocycles. The molecule has 2 aliphatic rings. The lowest BCUT2D eigenvalue weighted by atomic mass is 9.60. The van der Waals surface area contributed by atoms with Crippen LogP contribution in [-0.4, -0.2) is 56.7 Å². The van der Waals surface area contributed by atoms with Crippen molar-refractivity contribution in [1.82, 2.24) is 15.5 Å². The maximum Gasteiger partial charge on any atom is 0.253 e. The van der Waals surface area contributed by atoms with E-state index < -0.39 is 0 Å². The number of nitrogens with one attached hydrogen (secondary N) is 2. The molecule has 2 atom stereocenters. The third kappa shape index (κ3) is 5.23. The highest BCUT2D eigenvalue weighted by molar-refractivity contribution is 14.0. The molecule has 7 heteroatoms. The molecule has 2 fully saturated rings. The zero-order valence-corrected chi connectivity index (χ0v) is 20.4. The summed E-state index contributed by atoms with van der Waals surface area (Å²) in [6, 6.07) is 8.16. The normalized spacial score (nSPS) is 22.6. The lowest BCUT2D eigenvalue weighted by Gasteiger charge is -2.54. The largest absolute Gasteiger partial charge is 0.378 e. The van der Waals surface area contributed by atoms with E-state index >= 15 is 0 Å². The highest BCUT2D eigenvalue weighted by Gasteiger charge is 2.56. The van der Waals surface area contributed by atoms with Crippen molar-refractivity contribution in [2.75, 3.05) is 27.7 Å². The number of rotatable bonds is 6. The topological polar surface area (TPSA) is 66.0 Å². The number of guanidine groups is 1. The molecule has 3 rings (SSSR count). The van der Waals surface area contributed by atoms with Gasteiger partial charge in [0.15, 0.2) is 5.96 Å². The Morgan fingerprint density at radius 3 is 2.45 bits per heavy atom. The molecule has 6 nitrogen and oxygen atoms in total. The van der Waals surface area contributed by atoms with Gasteiger partial charge in [-0.25, -0.2) is 0 Å². The van der Waals surface area contributed by atoms with Crippen molar-refractivity contribution in [3.05, 3.63) is 35.4 Å². The van der Waals surface area contributed by atoms with Crippen LogP contribution >= 0.6 is 24.0 Å². The van der Waals surface area contributed by atoms with Crippen LogP contribution in [0, 0.1) is 5.41 Å². The van der Waals surface area contributed by atoms with Crippen LogP contribution in [0.5, 0.6) is 0 Å². The minimum Gasteiger partial charge on any atom is -0.378 e. The monoisotopic (exact) mass is 514 g/mol. The van der Waals surface area contributed by atoms with Gasteiger partial charge in [-0.15, -0.1) is 24.0 Å². The molecule has 2 N–H and O–H groups in total. The van der Waals surface area contributed by atoms with E-state index in [1.165, 1.54) is 25.7 Å². The first-order valence-electron chi connectivity index (χ1n) is 10.4. The number of carbonyl (C=O) groups excluding carboxylic acids is 1. The van der Waals surface area contributed by atoms with Gasteiger partial charge in [0.25, 0.3) is 5.91 Å². The lowest BCUT2D eigenvalue weighted by Crippen LogP contribution is -2.65. The molecule has 2 saturated carbocycles. The van der Waals surface area contributed by atoms with Crippen LogP contribution in [0.3, 0.4) is 0 Å². The fourth-order valence-electron chi connectivity index (χ4n) is 4.66. The second-order valence-corrected chi connectivity index (χ2v) is 8.14. The first-order chi connectivity index (χ1) is 13.5. The zero-order chi connectivity index (χ0) is 20.1. The molecule has 1 amide bonds. The molecule has 0 bridgehead atoms. The number of amides is 1. The van der Waals surface area contributed by atoms with Crippen LogP contribution in [0.25, 0.3) is 0 Å². The molecule has 1 aromatic carbocycles. The van der Waals surface area contributed by atoms with Crippen molar-refractivity contribution in [3.63, 3.8) is 0 Å². The number of benzene rings is 1. The van der Waals surface area contributed by atoms with Gasteiger partial charge >= 0.3 is 0 Å². The molecule has 0 aromatic heterocycles. The van der Waals surface area contributed by atoms with Gasteiger partial charge in [0.1, 0.15) is 0 Å². The summed E-state index contributed by atoms with van der Waals surface area (Å²) in [5, 5.41) is 7.05. The number of hydrogen-bond donors (Lipinski definition) is 2. The van der Waals surface area contributed by atoms with Crippen molar-refractivity contribution in [2.24, 2.45) is 10.4 Å². The zero-order valence-electron chi connectivity index (χ0n) is 18.0. The second kappa shape index (κ2) is 10.6. The van der Waals surface area contributed by atoms with Crippen LogP contribution < -0.4 is 10.6 Å². The van der Waals surface area contributed by atoms with Gasteiger partial charge in [0.2, 0.25) is 0 Å². The number of halogens is 1. The third-order valence-electron chi connectivity index (χ3n) is 6.29. The van der Waals surface area contributed by atoms with Gasteiger partial charge < -0.3 is 20.3 Å². The highest BCUT2D eigenvalue weighted by Crippen LogP contribution is 2.54. The van der Waals surface area contributed by atoms with Crippen LogP contribution in [-0.2, 0) is 11.3 Å². The van der Waals surface area contributed by atoms with E-state index in [9.17, 15) is 4.79 Å². The van der Waals surface area contributed by atoms with Crippen molar-refractivity contribution in [1.29, 1.82) is 0 Å². The molecule has 0 radical (unpaired) electrons. The average Bonchev–Trinajstić information content (AvgIpc) is 3.22. The number of carbonyl (C=O) groups is 1. The Balaban J connectivity index is 0.00000300. The third-order valence-corrected chi connectivity index (χ3v) is 6.29. The van der Waals surface area contributed by atoms with E-state index in [-0.39, 0.29) is 35.3 Å². The molecular weight excluding hydrogens is 479 g/mol. The van der Waals surface area contributed by atoms with Crippen molar-refractivity contribution in [3.8, 4) is 0 Å². The molecule has 29 heavy (non-hydrogen) atoms. The molecule has 0 aliphatic heterocycles. The summed E-state index contributed by atoms with van der Waals surface area (Å²) in [7, 11) is 5.34. The minimum absolute atomic E-state index is 0. The molecule has 2 unspecified atom stereocenters. The fraction of sp³-hybridized carbons (Fsp3) is 0.636. The maximum absolute atomic E-state index is 12.0. The molecule has 0 saturated heterocycles. The standard InChI is InChI=1S/C22H34N4O2.HI/c1-5-28-19-14-18(22(19)12-6-7-13-22)25-21(23-2)24-15-16-8-10-17(11-9-16)20(27)26(3)4;/h8-11,18-19H,5-7,12-15H2,1-4H3,(H2,23,24,25);1H. The molecule has 1 aromatic rings. The van der Waals surface area contributed by atoms with E-state index in [2.05, 4.69) is 22.5 Å². The summed E-state index contributed by atoms with van der Waals surface area (Å²) >= 11 is 0. The van der Waals surface area contributed by atoms with Gasteiger partial charge in [0.05, 0.1) is 6.10 Å². The van der Waals surface area contributed by atoms with Gasteiger partial charge in [-0.1, -0.05) is 25.0 Å². The summed E-state index contributed by atoms with van der Waals surface area (Å²) in [6.45, 7) is 3.55. The SMILES string of the molecule is CCOC1CC(NC(=NC)NCc2ccc(C(=O)N(C)C)cc2)C12CCCC2.I. The van der Waals surface area contributed by atoms with Crippen LogP contribution in [0.4, 0.5) is 0 Å².